The van der Waals surface area contributed by atoms with Gasteiger partial charge in [0.2, 0.25) is 5.91 Å². The first kappa shape index (κ1) is 21.9. The highest BCUT2D eigenvalue weighted by Gasteiger charge is 2.37. The standard InChI is InChI=1S/C26H26F2N6O/c1-14-26(35)32(2)13-21-23(31-25(34(14)21)15-6-4-7-15)17-8-5-9-20-18(17)10-19(24(27)28)22(30-20)16-11-29-33(3)12-16/h5,8-12,14-15,24H,4,6-7,13H2,1-3H3/t14-/m0/s1. The number of halogens is 2. The summed E-state index contributed by atoms with van der Waals surface area (Å²) in [4.78, 5) is 24.2. The summed E-state index contributed by atoms with van der Waals surface area (Å²) in [5.74, 6) is 1.31. The number of pyridine rings is 1. The van der Waals surface area contributed by atoms with Crippen LogP contribution < -0.4 is 0 Å². The molecule has 1 amide bonds. The van der Waals surface area contributed by atoms with Crippen molar-refractivity contribution in [2.45, 2.75) is 51.1 Å². The third-order valence-electron chi connectivity index (χ3n) is 7.37. The topological polar surface area (TPSA) is 68.8 Å². The highest BCUT2D eigenvalue weighted by molar-refractivity contribution is 5.96. The van der Waals surface area contributed by atoms with Crippen molar-refractivity contribution in [3.05, 3.63) is 53.7 Å². The number of carbonyl (C=O) groups is 1. The maximum Gasteiger partial charge on any atom is 0.265 e. The molecule has 2 aliphatic rings. The molecule has 1 fully saturated rings. The molecule has 4 aromatic rings. The normalized spacial score (nSPS) is 18.4. The van der Waals surface area contributed by atoms with E-state index in [0.29, 0.717) is 28.9 Å². The van der Waals surface area contributed by atoms with E-state index in [1.54, 1.807) is 42.1 Å². The summed E-state index contributed by atoms with van der Waals surface area (Å²) >= 11 is 0. The van der Waals surface area contributed by atoms with E-state index in [1.807, 2.05) is 25.1 Å². The Morgan fingerprint density at radius 2 is 1.91 bits per heavy atom. The Kier molecular flexibility index (Phi) is 4.98. The van der Waals surface area contributed by atoms with Gasteiger partial charge in [0.05, 0.1) is 35.3 Å². The molecule has 6 rings (SSSR count). The van der Waals surface area contributed by atoms with E-state index in [0.717, 1.165) is 42.0 Å². The van der Waals surface area contributed by atoms with Crippen LogP contribution in [0.5, 0.6) is 0 Å². The molecule has 4 heterocycles. The molecule has 180 valence electrons. The molecule has 1 aromatic carbocycles. The summed E-state index contributed by atoms with van der Waals surface area (Å²) in [5.41, 5.74) is 3.73. The van der Waals surface area contributed by atoms with Crippen LogP contribution in [0.1, 0.15) is 61.7 Å². The maximum absolute atomic E-state index is 14.2. The molecule has 1 saturated carbocycles. The Balaban J connectivity index is 1.59. The van der Waals surface area contributed by atoms with Gasteiger partial charge in [-0.15, -0.1) is 0 Å². The smallest absolute Gasteiger partial charge is 0.265 e. The van der Waals surface area contributed by atoms with E-state index in [9.17, 15) is 13.6 Å². The van der Waals surface area contributed by atoms with E-state index in [4.69, 9.17) is 4.98 Å². The second-order valence-electron chi connectivity index (χ2n) is 9.64. The number of carbonyl (C=O) groups excluding carboxylic acids is 1. The fourth-order valence-corrected chi connectivity index (χ4v) is 5.33. The molecule has 0 radical (unpaired) electrons. The number of amides is 1. The first-order chi connectivity index (χ1) is 16.8. The maximum atomic E-state index is 14.2. The van der Waals surface area contributed by atoms with Gasteiger partial charge in [0.15, 0.2) is 0 Å². The largest absolute Gasteiger partial charge is 0.338 e. The van der Waals surface area contributed by atoms with E-state index in [1.165, 1.54) is 0 Å². The average Bonchev–Trinajstić information content (AvgIpc) is 3.39. The minimum absolute atomic E-state index is 0.0581. The Morgan fingerprint density at radius 3 is 2.57 bits per heavy atom. The highest BCUT2D eigenvalue weighted by Crippen LogP contribution is 2.43. The predicted molar refractivity (Wildman–Crippen MR) is 128 cm³/mol. The number of rotatable bonds is 4. The number of hydrogen-bond donors (Lipinski definition) is 0. The van der Waals surface area contributed by atoms with Gasteiger partial charge in [-0.1, -0.05) is 18.6 Å². The van der Waals surface area contributed by atoms with Crippen molar-refractivity contribution in [2.24, 2.45) is 7.05 Å². The molecule has 3 aromatic heterocycles. The van der Waals surface area contributed by atoms with Crippen molar-refractivity contribution < 1.29 is 13.6 Å². The number of aryl methyl sites for hydroxylation is 1. The van der Waals surface area contributed by atoms with Crippen LogP contribution in [0.25, 0.3) is 33.4 Å². The second kappa shape index (κ2) is 7.96. The van der Waals surface area contributed by atoms with Crippen molar-refractivity contribution in [1.29, 1.82) is 0 Å². The molecule has 1 aliphatic carbocycles. The van der Waals surface area contributed by atoms with Crippen molar-refractivity contribution in [3.63, 3.8) is 0 Å². The molecule has 7 nitrogen and oxygen atoms in total. The molecule has 9 heteroatoms. The Morgan fingerprint density at radius 1 is 1.11 bits per heavy atom. The third-order valence-corrected chi connectivity index (χ3v) is 7.37. The van der Waals surface area contributed by atoms with Crippen LogP contribution in [0, 0.1) is 0 Å². The van der Waals surface area contributed by atoms with Crippen LogP contribution in [0.15, 0.2) is 36.7 Å². The fourth-order valence-electron chi connectivity index (χ4n) is 5.33. The van der Waals surface area contributed by atoms with Crippen molar-refractivity contribution in [2.75, 3.05) is 7.05 Å². The summed E-state index contributed by atoms with van der Waals surface area (Å²) in [5, 5.41) is 4.76. The van der Waals surface area contributed by atoms with Gasteiger partial charge in [-0.3, -0.25) is 9.48 Å². The van der Waals surface area contributed by atoms with Crippen molar-refractivity contribution in [1.82, 2.24) is 29.2 Å². The number of nitrogens with zero attached hydrogens (tertiary/aromatic N) is 6. The molecule has 0 N–H and O–H groups in total. The minimum atomic E-state index is -2.69. The number of imidazole rings is 1. The zero-order chi connectivity index (χ0) is 24.4. The molecule has 0 unspecified atom stereocenters. The Bertz CT molecular complexity index is 1470. The van der Waals surface area contributed by atoms with Gasteiger partial charge in [0.1, 0.15) is 11.9 Å². The Labute approximate surface area is 201 Å². The summed E-state index contributed by atoms with van der Waals surface area (Å²) in [6.45, 7) is 2.34. The molecule has 0 spiro atoms. The van der Waals surface area contributed by atoms with E-state index < -0.39 is 6.43 Å². The monoisotopic (exact) mass is 476 g/mol. The van der Waals surface area contributed by atoms with Crippen molar-refractivity contribution >= 4 is 16.8 Å². The molecule has 0 bridgehead atoms. The molecular formula is C26H26F2N6O. The minimum Gasteiger partial charge on any atom is -0.338 e. The van der Waals surface area contributed by atoms with Gasteiger partial charge < -0.3 is 9.47 Å². The average molecular weight is 477 g/mol. The molecule has 1 aliphatic heterocycles. The molecular weight excluding hydrogens is 450 g/mol. The predicted octanol–water partition coefficient (Wildman–Crippen LogP) is 5.24. The lowest BCUT2D eigenvalue weighted by Gasteiger charge is -2.33. The van der Waals surface area contributed by atoms with Gasteiger partial charge in [0, 0.05) is 48.3 Å². The first-order valence-electron chi connectivity index (χ1n) is 11.9. The number of fused-ring (bicyclic) bond motifs is 2. The van der Waals surface area contributed by atoms with Gasteiger partial charge in [-0.2, -0.15) is 5.10 Å². The third kappa shape index (κ3) is 3.36. The van der Waals surface area contributed by atoms with Crippen LogP contribution in [0.4, 0.5) is 8.78 Å². The molecule has 35 heavy (non-hydrogen) atoms. The zero-order valence-corrected chi connectivity index (χ0v) is 19.9. The number of hydrogen-bond acceptors (Lipinski definition) is 4. The molecule has 1 atom stereocenters. The lowest BCUT2D eigenvalue weighted by molar-refractivity contribution is -0.135. The summed E-state index contributed by atoms with van der Waals surface area (Å²) < 4.78 is 32.1. The highest BCUT2D eigenvalue weighted by atomic mass is 19.3. The second-order valence-corrected chi connectivity index (χ2v) is 9.64. The number of benzene rings is 1. The fraction of sp³-hybridized carbons (Fsp3) is 0.385. The zero-order valence-electron chi connectivity index (χ0n) is 19.9. The number of alkyl halides is 2. The number of likely N-dealkylation sites (N-methyl/N-ethyl adjacent to an activating group) is 1. The van der Waals surface area contributed by atoms with Gasteiger partial charge in [-0.25, -0.2) is 18.7 Å². The van der Waals surface area contributed by atoms with Gasteiger partial charge in [0.25, 0.3) is 6.43 Å². The summed E-state index contributed by atoms with van der Waals surface area (Å²) in [6.07, 6.45) is 3.79. The first-order valence-corrected chi connectivity index (χ1v) is 11.9. The van der Waals surface area contributed by atoms with Crippen LogP contribution >= 0.6 is 0 Å². The van der Waals surface area contributed by atoms with Crippen LogP contribution in [-0.2, 0) is 18.4 Å². The van der Waals surface area contributed by atoms with Crippen molar-refractivity contribution in [3.8, 4) is 22.5 Å². The summed E-state index contributed by atoms with van der Waals surface area (Å²) in [6, 6.07) is 6.83. The van der Waals surface area contributed by atoms with Gasteiger partial charge in [-0.05, 0) is 31.9 Å². The van der Waals surface area contributed by atoms with Gasteiger partial charge >= 0.3 is 0 Å². The molecule has 0 saturated heterocycles. The summed E-state index contributed by atoms with van der Waals surface area (Å²) in [7, 11) is 3.54. The SMILES string of the molecule is C[C@H]1C(=O)N(C)Cc2c(-c3cccc4nc(-c5cnn(C)c5)c(C(F)F)cc34)nc(C3CCC3)n21. The lowest BCUT2D eigenvalue weighted by Crippen LogP contribution is -2.40. The van der Waals surface area contributed by atoms with Crippen LogP contribution in [0.3, 0.4) is 0 Å². The lowest BCUT2D eigenvalue weighted by atomic mass is 9.84. The van der Waals surface area contributed by atoms with E-state index in [-0.39, 0.29) is 23.2 Å². The van der Waals surface area contributed by atoms with Crippen LogP contribution in [0.2, 0.25) is 0 Å². The van der Waals surface area contributed by atoms with E-state index >= 15 is 0 Å². The quantitative estimate of drug-likeness (QED) is 0.404. The Hall–Kier alpha value is -3.62. The van der Waals surface area contributed by atoms with Crippen LogP contribution in [-0.4, -0.2) is 42.2 Å². The number of aromatic nitrogens is 5. The van der Waals surface area contributed by atoms with E-state index in [2.05, 4.69) is 14.6 Å².